The molecule has 0 aliphatic carbocycles. The number of nitrogens with one attached hydrogen (secondary N) is 1. The third-order valence-electron chi connectivity index (χ3n) is 2.79. The van der Waals surface area contributed by atoms with Gasteiger partial charge in [-0.1, -0.05) is 11.6 Å². The molecule has 4 nitrogen and oxygen atoms in total. The number of methoxy groups -OCH3 is 1. The van der Waals surface area contributed by atoms with Gasteiger partial charge in [0.05, 0.1) is 30.6 Å². The van der Waals surface area contributed by atoms with E-state index in [1.807, 2.05) is 6.92 Å². The second kappa shape index (κ2) is 7.66. The molecule has 0 saturated carbocycles. The van der Waals surface area contributed by atoms with Gasteiger partial charge < -0.3 is 9.47 Å². The molecule has 0 unspecified atom stereocenters. The Bertz CT molecular complexity index is 660. The van der Waals surface area contributed by atoms with E-state index in [0.29, 0.717) is 28.8 Å². The van der Waals surface area contributed by atoms with Crippen LogP contribution in [0.2, 0.25) is 5.02 Å². The first-order chi connectivity index (χ1) is 10.6. The third kappa shape index (κ3) is 4.11. The van der Waals surface area contributed by atoms with Gasteiger partial charge in [-0.05, 0) is 48.9 Å². The number of hydrogen-bond acceptors (Lipinski definition) is 4. The van der Waals surface area contributed by atoms with E-state index in [1.54, 1.807) is 30.5 Å². The second-order valence-electron chi connectivity index (χ2n) is 4.34. The molecule has 1 N–H and O–H groups in total. The highest BCUT2D eigenvalue weighted by Crippen LogP contribution is 2.35. The van der Waals surface area contributed by atoms with Crippen LogP contribution >= 0.6 is 11.6 Å². The Labute approximate surface area is 133 Å². The van der Waals surface area contributed by atoms with Crippen molar-refractivity contribution in [3.63, 3.8) is 0 Å². The first-order valence-corrected chi connectivity index (χ1v) is 7.06. The standard InChI is InChI=1S/C16H16ClFN2O2/c1-3-22-15-9-11(8-14(17)16(15)21-2)10-19-20-13-6-4-12(18)5-7-13/h4-10,20H,3H2,1-2H3/b19-10+. The van der Waals surface area contributed by atoms with Gasteiger partial charge in [0.15, 0.2) is 11.5 Å². The zero-order chi connectivity index (χ0) is 15.9. The van der Waals surface area contributed by atoms with E-state index >= 15 is 0 Å². The van der Waals surface area contributed by atoms with Gasteiger partial charge in [-0.2, -0.15) is 5.10 Å². The van der Waals surface area contributed by atoms with Crippen LogP contribution in [0.25, 0.3) is 0 Å². The zero-order valence-electron chi connectivity index (χ0n) is 12.3. The third-order valence-corrected chi connectivity index (χ3v) is 3.07. The maximum absolute atomic E-state index is 12.8. The predicted octanol–water partition coefficient (Wildman–Crippen LogP) is 4.33. The number of benzene rings is 2. The zero-order valence-corrected chi connectivity index (χ0v) is 13.0. The number of rotatable bonds is 6. The molecule has 0 aliphatic rings. The number of anilines is 1. The summed E-state index contributed by atoms with van der Waals surface area (Å²) >= 11 is 6.16. The topological polar surface area (TPSA) is 42.8 Å². The molecule has 0 bridgehead atoms. The molecular formula is C16H16ClFN2O2. The summed E-state index contributed by atoms with van der Waals surface area (Å²) in [4.78, 5) is 0. The fourth-order valence-corrected chi connectivity index (χ4v) is 2.13. The Kier molecular flexibility index (Phi) is 5.61. The highest BCUT2D eigenvalue weighted by molar-refractivity contribution is 6.32. The molecule has 0 atom stereocenters. The van der Waals surface area contributed by atoms with Gasteiger partial charge in [0, 0.05) is 0 Å². The fraction of sp³-hybridized carbons (Fsp3) is 0.188. The molecule has 2 rings (SSSR count). The van der Waals surface area contributed by atoms with E-state index in [2.05, 4.69) is 10.5 Å². The maximum atomic E-state index is 12.8. The lowest BCUT2D eigenvalue weighted by molar-refractivity contribution is 0.311. The smallest absolute Gasteiger partial charge is 0.179 e. The molecule has 0 heterocycles. The number of ether oxygens (including phenoxy) is 2. The van der Waals surface area contributed by atoms with Crippen LogP contribution in [0, 0.1) is 5.82 Å². The molecule has 0 saturated heterocycles. The predicted molar refractivity (Wildman–Crippen MR) is 86.8 cm³/mol. The van der Waals surface area contributed by atoms with E-state index in [9.17, 15) is 4.39 Å². The first kappa shape index (κ1) is 16.1. The minimum Gasteiger partial charge on any atom is -0.491 e. The van der Waals surface area contributed by atoms with Crippen LogP contribution in [0.4, 0.5) is 10.1 Å². The van der Waals surface area contributed by atoms with E-state index in [0.717, 1.165) is 5.56 Å². The quantitative estimate of drug-likeness (QED) is 0.635. The van der Waals surface area contributed by atoms with Gasteiger partial charge in [0.1, 0.15) is 5.82 Å². The van der Waals surface area contributed by atoms with Crippen molar-refractivity contribution in [1.29, 1.82) is 0 Å². The van der Waals surface area contributed by atoms with Crippen LogP contribution in [-0.2, 0) is 0 Å². The van der Waals surface area contributed by atoms with Gasteiger partial charge >= 0.3 is 0 Å². The Balaban J connectivity index is 2.14. The summed E-state index contributed by atoms with van der Waals surface area (Å²) in [7, 11) is 1.54. The van der Waals surface area contributed by atoms with Crippen molar-refractivity contribution in [1.82, 2.24) is 0 Å². The van der Waals surface area contributed by atoms with Crippen LogP contribution in [-0.4, -0.2) is 19.9 Å². The largest absolute Gasteiger partial charge is 0.491 e. The Morgan fingerprint density at radius 3 is 2.64 bits per heavy atom. The Hall–Kier alpha value is -2.27. The van der Waals surface area contributed by atoms with Gasteiger partial charge in [0.2, 0.25) is 0 Å². The summed E-state index contributed by atoms with van der Waals surface area (Å²) < 4.78 is 23.5. The molecule has 2 aromatic carbocycles. The second-order valence-corrected chi connectivity index (χ2v) is 4.75. The summed E-state index contributed by atoms with van der Waals surface area (Å²) in [5.41, 5.74) is 4.24. The average molecular weight is 323 g/mol. The lowest BCUT2D eigenvalue weighted by Gasteiger charge is -2.11. The molecule has 0 spiro atoms. The summed E-state index contributed by atoms with van der Waals surface area (Å²) in [5.74, 6) is 0.755. The van der Waals surface area contributed by atoms with Crippen molar-refractivity contribution in [2.24, 2.45) is 5.10 Å². The summed E-state index contributed by atoms with van der Waals surface area (Å²) in [6.45, 7) is 2.38. The molecule has 0 radical (unpaired) electrons. The summed E-state index contributed by atoms with van der Waals surface area (Å²) in [6, 6.07) is 9.41. The van der Waals surface area contributed by atoms with Crippen LogP contribution < -0.4 is 14.9 Å². The Morgan fingerprint density at radius 1 is 1.27 bits per heavy atom. The summed E-state index contributed by atoms with van der Waals surface area (Å²) in [5, 5.41) is 4.53. The Morgan fingerprint density at radius 2 is 2.00 bits per heavy atom. The van der Waals surface area contributed by atoms with Gasteiger partial charge in [-0.15, -0.1) is 0 Å². The van der Waals surface area contributed by atoms with E-state index < -0.39 is 0 Å². The van der Waals surface area contributed by atoms with E-state index in [1.165, 1.54) is 19.2 Å². The van der Waals surface area contributed by atoms with E-state index in [4.69, 9.17) is 21.1 Å². The minimum absolute atomic E-state index is 0.294. The van der Waals surface area contributed by atoms with Gasteiger partial charge in [-0.25, -0.2) is 4.39 Å². The molecule has 0 fully saturated rings. The molecule has 116 valence electrons. The molecule has 2 aromatic rings. The molecule has 22 heavy (non-hydrogen) atoms. The van der Waals surface area contributed by atoms with Crippen molar-refractivity contribution in [3.8, 4) is 11.5 Å². The number of hydrazone groups is 1. The highest BCUT2D eigenvalue weighted by Gasteiger charge is 2.10. The number of halogens is 2. The molecule has 0 aliphatic heterocycles. The average Bonchev–Trinajstić information content (AvgIpc) is 2.49. The molecular weight excluding hydrogens is 307 g/mol. The van der Waals surface area contributed by atoms with Crippen LogP contribution in [0.1, 0.15) is 12.5 Å². The molecule has 6 heteroatoms. The van der Waals surface area contributed by atoms with Crippen molar-refractivity contribution in [2.75, 3.05) is 19.1 Å². The molecule has 0 aromatic heterocycles. The van der Waals surface area contributed by atoms with Gasteiger partial charge in [0.25, 0.3) is 0 Å². The van der Waals surface area contributed by atoms with Gasteiger partial charge in [-0.3, -0.25) is 5.43 Å². The van der Waals surface area contributed by atoms with E-state index in [-0.39, 0.29) is 5.82 Å². The van der Waals surface area contributed by atoms with Crippen molar-refractivity contribution >= 4 is 23.5 Å². The summed E-state index contributed by atoms with van der Waals surface area (Å²) in [6.07, 6.45) is 1.59. The molecule has 0 amide bonds. The van der Waals surface area contributed by atoms with Crippen LogP contribution in [0.3, 0.4) is 0 Å². The monoisotopic (exact) mass is 322 g/mol. The van der Waals surface area contributed by atoms with Crippen molar-refractivity contribution in [2.45, 2.75) is 6.92 Å². The first-order valence-electron chi connectivity index (χ1n) is 6.69. The van der Waals surface area contributed by atoms with Crippen LogP contribution in [0.5, 0.6) is 11.5 Å². The van der Waals surface area contributed by atoms with Crippen molar-refractivity contribution < 1.29 is 13.9 Å². The number of hydrogen-bond donors (Lipinski definition) is 1. The lowest BCUT2D eigenvalue weighted by Crippen LogP contribution is -1.98. The van der Waals surface area contributed by atoms with Crippen LogP contribution in [0.15, 0.2) is 41.5 Å². The maximum Gasteiger partial charge on any atom is 0.179 e. The lowest BCUT2D eigenvalue weighted by atomic mass is 10.2. The normalized spacial score (nSPS) is 10.7. The van der Waals surface area contributed by atoms with Crippen molar-refractivity contribution in [3.05, 3.63) is 52.8 Å². The SMILES string of the molecule is CCOc1cc(/C=N/Nc2ccc(F)cc2)cc(Cl)c1OC. The minimum atomic E-state index is -0.294. The highest BCUT2D eigenvalue weighted by atomic mass is 35.5. The number of nitrogens with zero attached hydrogens (tertiary/aromatic N) is 1. The fourth-order valence-electron chi connectivity index (χ4n) is 1.83.